The molecule has 0 fully saturated rings. The highest BCUT2D eigenvalue weighted by Crippen LogP contribution is 2.18. The molecule has 98 valence electrons. The van der Waals surface area contributed by atoms with Gasteiger partial charge < -0.3 is 10.1 Å². The van der Waals surface area contributed by atoms with Crippen molar-refractivity contribution in [3.8, 4) is 0 Å². The molecular weight excluding hydrogens is 198 g/mol. The highest BCUT2D eigenvalue weighted by Gasteiger charge is 2.18. The molecule has 0 aromatic rings. The lowest BCUT2D eigenvalue weighted by molar-refractivity contribution is 0.0115. The fourth-order valence-electron chi connectivity index (χ4n) is 1.77. The molecule has 1 N–H and O–H groups in total. The van der Waals surface area contributed by atoms with Gasteiger partial charge in [0, 0.05) is 13.2 Å². The van der Waals surface area contributed by atoms with Crippen molar-refractivity contribution in [2.45, 2.75) is 77.9 Å². The average Bonchev–Trinajstić information content (AvgIpc) is 2.28. The minimum atomic E-state index is 0.0262. The van der Waals surface area contributed by atoms with Crippen molar-refractivity contribution in [3.05, 3.63) is 0 Å². The summed E-state index contributed by atoms with van der Waals surface area (Å²) in [6.07, 6.45) is 7.49. The first-order valence-electron chi connectivity index (χ1n) is 6.84. The van der Waals surface area contributed by atoms with Crippen LogP contribution in [0.1, 0.15) is 66.2 Å². The number of methoxy groups -OCH3 is 1. The Bertz CT molecular complexity index is 149. The third kappa shape index (κ3) is 8.12. The van der Waals surface area contributed by atoms with Crippen LogP contribution in [0.2, 0.25) is 0 Å². The van der Waals surface area contributed by atoms with Gasteiger partial charge in [0.05, 0.1) is 5.60 Å². The Hall–Kier alpha value is -0.0800. The monoisotopic (exact) mass is 229 g/mol. The van der Waals surface area contributed by atoms with Crippen LogP contribution in [0, 0.1) is 0 Å². The average molecular weight is 229 g/mol. The Kier molecular flexibility index (Phi) is 8.96. The Morgan fingerprint density at radius 1 is 1.12 bits per heavy atom. The fraction of sp³-hybridized carbons (Fsp3) is 1.00. The maximum atomic E-state index is 5.47. The molecule has 0 aliphatic carbocycles. The lowest BCUT2D eigenvalue weighted by atomic mass is 9.96. The summed E-state index contributed by atoms with van der Waals surface area (Å²) in [5.74, 6) is 0. The van der Waals surface area contributed by atoms with E-state index in [1.807, 2.05) is 0 Å². The molecule has 2 nitrogen and oxygen atoms in total. The number of hydrogen-bond donors (Lipinski definition) is 1. The zero-order valence-electron chi connectivity index (χ0n) is 11.9. The van der Waals surface area contributed by atoms with Crippen molar-refractivity contribution in [3.63, 3.8) is 0 Å². The van der Waals surface area contributed by atoms with Gasteiger partial charge >= 0.3 is 0 Å². The first-order valence-corrected chi connectivity index (χ1v) is 6.84. The summed E-state index contributed by atoms with van der Waals surface area (Å²) in [6, 6.07) is 0.675. The van der Waals surface area contributed by atoms with Crippen LogP contribution >= 0.6 is 0 Å². The van der Waals surface area contributed by atoms with E-state index in [4.69, 9.17) is 4.74 Å². The van der Waals surface area contributed by atoms with E-state index in [9.17, 15) is 0 Å². The van der Waals surface area contributed by atoms with Crippen LogP contribution in [-0.2, 0) is 4.74 Å². The quantitative estimate of drug-likeness (QED) is 0.616. The van der Waals surface area contributed by atoms with E-state index in [2.05, 4.69) is 33.0 Å². The summed E-state index contributed by atoms with van der Waals surface area (Å²) >= 11 is 0. The summed E-state index contributed by atoms with van der Waals surface area (Å²) in [6.45, 7) is 9.97. The van der Waals surface area contributed by atoms with Crippen molar-refractivity contribution < 1.29 is 4.74 Å². The smallest absolute Gasteiger partial charge is 0.0623 e. The van der Waals surface area contributed by atoms with Crippen LogP contribution in [0.25, 0.3) is 0 Å². The van der Waals surface area contributed by atoms with E-state index in [1.54, 1.807) is 7.11 Å². The fourth-order valence-corrected chi connectivity index (χ4v) is 1.77. The summed E-state index contributed by atoms with van der Waals surface area (Å²) in [5, 5.41) is 3.65. The second-order valence-electron chi connectivity index (χ2n) is 5.30. The van der Waals surface area contributed by atoms with Gasteiger partial charge in [-0.2, -0.15) is 0 Å². The van der Waals surface area contributed by atoms with E-state index in [1.165, 1.54) is 32.1 Å². The Balaban J connectivity index is 3.89. The first-order chi connectivity index (χ1) is 7.55. The molecule has 0 spiro atoms. The lowest BCUT2D eigenvalue weighted by Gasteiger charge is -2.26. The van der Waals surface area contributed by atoms with E-state index >= 15 is 0 Å². The number of rotatable bonds is 10. The Morgan fingerprint density at radius 3 is 2.31 bits per heavy atom. The number of ether oxygens (including phenoxy) is 1. The minimum Gasteiger partial charge on any atom is -0.379 e. The maximum Gasteiger partial charge on any atom is 0.0623 e. The second kappa shape index (κ2) is 9.00. The van der Waals surface area contributed by atoms with Gasteiger partial charge in [-0.25, -0.2) is 0 Å². The van der Waals surface area contributed by atoms with E-state index in [0.717, 1.165) is 13.0 Å². The van der Waals surface area contributed by atoms with Gasteiger partial charge in [0.1, 0.15) is 0 Å². The highest BCUT2D eigenvalue weighted by atomic mass is 16.5. The van der Waals surface area contributed by atoms with Gasteiger partial charge in [-0.15, -0.1) is 0 Å². The molecule has 0 radical (unpaired) electrons. The van der Waals surface area contributed by atoms with Gasteiger partial charge in [0.2, 0.25) is 0 Å². The summed E-state index contributed by atoms with van der Waals surface area (Å²) in [4.78, 5) is 0. The number of hydrogen-bond acceptors (Lipinski definition) is 2. The van der Waals surface area contributed by atoms with E-state index in [0.29, 0.717) is 6.04 Å². The second-order valence-corrected chi connectivity index (χ2v) is 5.30. The Morgan fingerprint density at radius 2 is 1.81 bits per heavy atom. The van der Waals surface area contributed by atoms with Crippen LogP contribution in [0.15, 0.2) is 0 Å². The van der Waals surface area contributed by atoms with Crippen LogP contribution in [0.3, 0.4) is 0 Å². The van der Waals surface area contributed by atoms with Crippen molar-refractivity contribution in [2.24, 2.45) is 0 Å². The molecule has 0 aromatic carbocycles. The van der Waals surface area contributed by atoms with Crippen molar-refractivity contribution in [1.82, 2.24) is 5.32 Å². The van der Waals surface area contributed by atoms with Crippen LogP contribution < -0.4 is 5.32 Å². The minimum absolute atomic E-state index is 0.0262. The molecule has 0 heterocycles. The predicted octanol–water partition coefficient (Wildman–Crippen LogP) is 3.75. The summed E-state index contributed by atoms with van der Waals surface area (Å²) in [7, 11) is 1.81. The summed E-state index contributed by atoms with van der Waals surface area (Å²) < 4.78 is 5.47. The normalized spacial score (nSPS) is 14.1. The Labute approximate surface area is 102 Å². The molecule has 0 rings (SSSR count). The molecular formula is C14H31NO. The molecule has 0 aromatic heterocycles. The lowest BCUT2D eigenvalue weighted by Crippen LogP contribution is -2.33. The summed E-state index contributed by atoms with van der Waals surface area (Å²) in [5.41, 5.74) is 0.0262. The molecule has 0 saturated carbocycles. The number of nitrogens with one attached hydrogen (secondary N) is 1. The third-order valence-corrected chi connectivity index (χ3v) is 3.24. The standard InChI is InChI=1S/C14H31NO/c1-6-8-9-13(15-12-7-2)10-11-14(3,4)16-5/h13,15H,6-12H2,1-5H3. The van der Waals surface area contributed by atoms with Gasteiger partial charge in [0.25, 0.3) is 0 Å². The molecule has 1 atom stereocenters. The van der Waals surface area contributed by atoms with Crippen molar-refractivity contribution in [1.29, 1.82) is 0 Å². The molecule has 0 aliphatic rings. The van der Waals surface area contributed by atoms with Crippen molar-refractivity contribution >= 4 is 0 Å². The molecule has 0 saturated heterocycles. The zero-order valence-corrected chi connectivity index (χ0v) is 11.9. The van der Waals surface area contributed by atoms with Crippen LogP contribution in [0.4, 0.5) is 0 Å². The van der Waals surface area contributed by atoms with Gasteiger partial charge in [-0.1, -0.05) is 26.7 Å². The molecule has 0 bridgehead atoms. The molecule has 0 amide bonds. The van der Waals surface area contributed by atoms with E-state index < -0.39 is 0 Å². The predicted molar refractivity (Wildman–Crippen MR) is 71.9 cm³/mol. The molecule has 2 heteroatoms. The van der Waals surface area contributed by atoms with Crippen LogP contribution in [0.5, 0.6) is 0 Å². The van der Waals surface area contributed by atoms with Gasteiger partial charge in [-0.3, -0.25) is 0 Å². The molecule has 16 heavy (non-hydrogen) atoms. The van der Waals surface area contributed by atoms with Crippen LogP contribution in [-0.4, -0.2) is 25.3 Å². The van der Waals surface area contributed by atoms with E-state index in [-0.39, 0.29) is 5.60 Å². The topological polar surface area (TPSA) is 21.3 Å². The highest BCUT2D eigenvalue weighted by molar-refractivity contribution is 4.74. The first kappa shape index (κ1) is 15.9. The molecule has 1 unspecified atom stereocenters. The number of unbranched alkanes of at least 4 members (excludes halogenated alkanes) is 1. The van der Waals surface area contributed by atoms with Gasteiger partial charge in [0.15, 0.2) is 0 Å². The third-order valence-electron chi connectivity index (χ3n) is 3.24. The SMILES string of the molecule is CCCCC(CCC(C)(C)OC)NCCC. The molecule has 0 aliphatic heterocycles. The van der Waals surface area contributed by atoms with Gasteiger partial charge in [-0.05, 0) is 46.1 Å². The largest absolute Gasteiger partial charge is 0.379 e. The zero-order chi connectivity index (χ0) is 12.4. The van der Waals surface area contributed by atoms with Crippen molar-refractivity contribution in [2.75, 3.05) is 13.7 Å². The maximum absolute atomic E-state index is 5.47.